The second-order valence-corrected chi connectivity index (χ2v) is 1.98. The van der Waals surface area contributed by atoms with E-state index >= 15 is 0 Å². The molecule has 0 aromatic rings. The highest BCUT2D eigenvalue weighted by atomic mass is 15.2. The highest BCUT2D eigenvalue weighted by Gasteiger charge is 2.15. The lowest BCUT2D eigenvalue weighted by atomic mass is 10.2. The minimum atomic E-state index is -0.338. The van der Waals surface area contributed by atoms with Crippen molar-refractivity contribution in [3.63, 3.8) is 0 Å². The maximum Gasteiger partial charge on any atom is 0.172 e. The summed E-state index contributed by atoms with van der Waals surface area (Å²) in [7, 11) is 0. The van der Waals surface area contributed by atoms with Crippen LogP contribution in [0.5, 0.6) is 0 Å². The fourth-order valence-electron chi connectivity index (χ4n) is 0.640. The first kappa shape index (κ1) is 6.88. The second-order valence-electron chi connectivity index (χ2n) is 1.98. The van der Waals surface area contributed by atoms with Gasteiger partial charge in [0.2, 0.25) is 0 Å². The Kier molecular flexibility index (Phi) is 1.77. The number of nitrogens with zero attached hydrogens (tertiary/aromatic N) is 3. The molecule has 0 radical (unpaired) electrons. The van der Waals surface area contributed by atoms with E-state index in [9.17, 15) is 0 Å². The van der Waals surface area contributed by atoms with Crippen molar-refractivity contribution in [3.8, 4) is 0 Å². The second kappa shape index (κ2) is 2.57. The summed E-state index contributed by atoms with van der Waals surface area (Å²) in [5.74, 6) is 5.42. The molecule has 1 aliphatic rings. The van der Waals surface area contributed by atoms with Crippen molar-refractivity contribution in [2.45, 2.75) is 13.0 Å². The molecule has 5 nitrogen and oxygen atoms in total. The Morgan fingerprint density at radius 3 is 2.90 bits per heavy atom. The lowest BCUT2D eigenvalue weighted by Crippen LogP contribution is -2.38. The Morgan fingerprint density at radius 1 is 1.70 bits per heavy atom. The van der Waals surface area contributed by atoms with E-state index < -0.39 is 0 Å². The lowest BCUT2D eigenvalue weighted by Gasteiger charge is -2.11. The monoisotopic (exact) mass is 139 g/mol. The molecule has 0 saturated heterocycles. The molecule has 1 atom stereocenters. The van der Waals surface area contributed by atoms with Gasteiger partial charge in [-0.2, -0.15) is 5.10 Å². The summed E-state index contributed by atoms with van der Waals surface area (Å²) in [5, 5.41) is 3.39. The number of nitrogens with two attached hydrogens (primary N) is 2. The molecule has 0 aromatic carbocycles. The molecule has 0 bridgehead atoms. The zero-order valence-electron chi connectivity index (χ0n) is 5.65. The molecule has 1 rings (SSSR count). The molecule has 1 unspecified atom stereocenters. The largest absolute Gasteiger partial charge is 0.321 e. The molecule has 4 N–H and O–H groups in total. The molecule has 0 saturated carbocycles. The van der Waals surface area contributed by atoms with Gasteiger partial charge in [0, 0.05) is 5.71 Å². The SMILES string of the molecule is CC1=NC=N/C(=N/N)C1N. The fourth-order valence-corrected chi connectivity index (χ4v) is 0.640. The standard InChI is InChI=1S/C5H9N5/c1-3-4(6)5(10-7)9-2-8-3/h2,4H,6-7H2,1H3/b10-5+. The highest BCUT2D eigenvalue weighted by Crippen LogP contribution is 1.95. The maximum absolute atomic E-state index is 5.58. The topological polar surface area (TPSA) is 89.1 Å². The van der Waals surface area contributed by atoms with Crippen LogP contribution in [0.25, 0.3) is 0 Å². The van der Waals surface area contributed by atoms with Gasteiger partial charge in [-0.3, -0.25) is 0 Å². The van der Waals surface area contributed by atoms with Gasteiger partial charge in [0.1, 0.15) is 12.4 Å². The first-order valence-electron chi connectivity index (χ1n) is 2.86. The summed E-state index contributed by atoms with van der Waals surface area (Å²) in [6.45, 7) is 1.81. The third-order valence-electron chi connectivity index (χ3n) is 1.31. The summed E-state index contributed by atoms with van der Waals surface area (Å²) in [6, 6.07) is -0.338. The quantitative estimate of drug-likeness (QED) is 0.336. The van der Waals surface area contributed by atoms with Crippen LogP contribution in [-0.4, -0.2) is 23.9 Å². The van der Waals surface area contributed by atoms with Crippen LogP contribution >= 0.6 is 0 Å². The Hall–Kier alpha value is -1.23. The van der Waals surface area contributed by atoms with Crippen molar-refractivity contribution in [3.05, 3.63) is 0 Å². The van der Waals surface area contributed by atoms with Gasteiger partial charge in [-0.05, 0) is 6.92 Å². The van der Waals surface area contributed by atoms with Crippen LogP contribution in [0.4, 0.5) is 0 Å². The van der Waals surface area contributed by atoms with E-state index in [2.05, 4.69) is 15.1 Å². The van der Waals surface area contributed by atoms with Crippen LogP contribution in [0.1, 0.15) is 6.92 Å². The molecule has 5 heteroatoms. The van der Waals surface area contributed by atoms with Crippen LogP contribution < -0.4 is 11.6 Å². The zero-order valence-corrected chi connectivity index (χ0v) is 5.65. The predicted molar refractivity (Wildman–Crippen MR) is 41.2 cm³/mol. The predicted octanol–water partition coefficient (Wildman–Crippen LogP) is -0.911. The summed E-state index contributed by atoms with van der Waals surface area (Å²) < 4.78 is 0. The van der Waals surface area contributed by atoms with Crippen molar-refractivity contribution < 1.29 is 0 Å². The fraction of sp³-hybridized carbons (Fsp3) is 0.400. The van der Waals surface area contributed by atoms with Crippen LogP contribution in [0, 0.1) is 0 Å². The summed E-state index contributed by atoms with van der Waals surface area (Å²) in [6.07, 6.45) is 1.39. The Morgan fingerprint density at radius 2 is 2.40 bits per heavy atom. The average molecular weight is 139 g/mol. The third kappa shape index (κ3) is 1.03. The van der Waals surface area contributed by atoms with Crippen molar-refractivity contribution >= 4 is 17.9 Å². The number of hydrazone groups is 1. The molecule has 10 heavy (non-hydrogen) atoms. The van der Waals surface area contributed by atoms with Crippen molar-refractivity contribution in [1.82, 2.24) is 0 Å². The highest BCUT2D eigenvalue weighted by molar-refractivity contribution is 6.15. The van der Waals surface area contributed by atoms with E-state index in [0.29, 0.717) is 5.84 Å². The number of hydrogen-bond donors (Lipinski definition) is 2. The number of amidine groups is 1. The molecule has 1 aliphatic heterocycles. The van der Waals surface area contributed by atoms with Crippen LogP contribution in [0.15, 0.2) is 15.1 Å². The van der Waals surface area contributed by atoms with Gasteiger partial charge in [0.25, 0.3) is 0 Å². The van der Waals surface area contributed by atoms with Crippen molar-refractivity contribution in [2.24, 2.45) is 26.7 Å². The number of rotatable bonds is 0. The molecular formula is C5H9N5. The molecule has 0 aromatic heterocycles. The minimum absolute atomic E-state index is 0.338. The maximum atomic E-state index is 5.58. The smallest absolute Gasteiger partial charge is 0.172 e. The van der Waals surface area contributed by atoms with Gasteiger partial charge in [0.15, 0.2) is 5.84 Å². The van der Waals surface area contributed by atoms with Crippen molar-refractivity contribution in [1.29, 1.82) is 0 Å². The van der Waals surface area contributed by atoms with E-state index in [-0.39, 0.29) is 6.04 Å². The molecule has 0 amide bonds. The Bertz CT molecular complexity index is 214. The van der Waals surface area contributed by atoms with E-state index in [4.69, 9.17) is 11.6 Å². The van der Waals surface area contributed by atoms with Gasteiger partial charge >= 0.3 is 0 Å². The number of hydrogen-bond acceptors (Lipinski definition) is 4. The first-order valence-corrected chi connectivity index (χ1v) is 2.86. The van der Waals surface area contributed by atoms with E-state index in [1.54, 1.807) is 6.92 Å². The van der Waals surface area contributed by atoms with Crippen LogP contribution in [0.2, 0.25) is 0 Å². The molecule has 1 heterocycles. The van der Waals surface area contributed by atoms with E-state index in [1.165, 1.54) is 6.34 Å². The molecule has 0 fully saturated rings. The zero-order chi connectivity index (χ0) is 7.56. The van der Waals surface area contributed by atoms with E-state index in [0.717, 1.165) is 5.71 Å². The Balaban J connectivity index is 2.89. The average Bonchev–Trinajstić information content (AvgIpc) is 1.95. The molecule has 54 valence electrons. The molecule has 0 aliphatic carbocycles. The van der Waals surface area contributed by atoms with Crippen LogP contribution in [0.3, 0.4) is 0 Å². The summed E-state index contributed by atoms with van der Waals surface area (Å²) in [4.78, 5) is 7.64. The molecular weight excluding hydrogens is 130 g/mol. The Labute approximate surface area is 58.5 Å². The molecule has 0 spiro atoms. The number of aliphatic imine (C=N–C) groups is 2. The van der Waals surface area contributed by atoms with Gasteiger partial charge < -0.3 is 11.6 Å². The van der Waals surface area contributed by atoms with Gasteiger partial charge in [-0.1, -0.05) is 0 Å². The van der Waals surface area contributed by atoms with Gasteiger partial charge in [0.05, 0.1) is 0 Å². The van der Waals surface area contributed by atoms with Crippen LogP contribution in [-0.2, 0) is 0 Å². The van der Waals surface area contributed by atoms with Gasteiger partial charge in [-0.15, -0.1) is 0 Å². The lowest BCUT2D eigenvalue weighted by molar-refractivity contribution is 1.06. The van der Waals surface area contributed by atoms with Gasteiger partial charge in [-0.25, -0.2) is 9.98 Å². The minimum Gasteiger partial charge on any atom is -0.321 e. The third-order valence-corrected chi connectivity index (χ3v) is 1.31. The summed E-state index contributed by atoms with van der Waals surface area (Å²) >= 11 is 0. The first-order chi connectivity index (χ1) is 4.75. The summed E-state index contributed by atoms with van der Waals surface area (Å²) in [5.41, 5.74) is 6.35. The van der Waals surface area contributed by atoms with Crippen molar-refractivity contribution in [2.75, 3.05) is 0 Å². The van der Waals surface area contributed by atoms with E-state index in [1.807, 2.05) is 0 Å². The normalized spacial score (nSPS) is 28.8.